The summed E-state index contributed by atoms with van der Waals surface area (Å²) in [5.41, 5.74) is 3.67. The van der Waals surface area contributed by atoms with Crippen LogP contribution in [0.1, 0.15) is 27.0 Å². The summed E-state index contributed by atoms with van der Waals surface area (Å²) in [6, 6.07) is 23.2. The number of hydrogen-bond acceptors (Lipinski definition) is 2. The smallest absolute Gasteiger partial charge is 0.246 e. The van der Waals surface area contributed by atoms with E-state index in [4.69, 9.17) is 0 Å². The van der Waals surface area contributed by atoms with Crippen molar-refractivity contribution in [1.29, 1.82) is 0 Å². The summed E-state index contributed by atoms with van der Waals surface area (Å²) in [4.78, 5) is 13.9. The highest BCUT2D eigenvalue weighted by atomic mass is 32.1. The molecule has 0 atom stereocenters. The molecule has 0 N–H and O–H groups in total. The Morgan fingerprint density at radius 2 is 1.19 bits per heavy atom. The largest absolute Gasteiger partial charge is 0.364 e. The van der Waals surface area contributed by atoms with Crippen molar-refractivity contribution in [3.05, 3.63) is 95.1 Å². The van der Waals surface area contributed by atoms with Gasteiger partial charge < -0.3 is 0 Å². The molecular weight excluding hydrogens is 358 g/mol. The fourth-order valence-corrected chi connectivity index (χ4v) is 8.28. The Morgan fingerprint density at radius 3 is 1.58 bits per heavy atom. The summed E-state index contributed by atoms with van der Waals surface area (Å²) in [5.74, 6) is 0. The van der Waals surface area contributed by atoms with Gasteiger partial charge in [0.05, 0.1) is 5.56 Å². The minimum Gasteiger partial charge on any atom is -0.246 e. The molecule has 0 fully saturated rings. The Bertz CT molecular complexity index is 888. The van der Waals surface area contributed by atoms with Crippen molar-refractivity contribution in [3.63, 3.8) is 0 Å². The second kappa shape index (κ2) is 7.62. The second-order valence-electron chi connectivity index (χ2n) is 6.47. The van der Waals surface area contributed by atoms with Crippen LogP contribution in [0.2, 0.25) is 0 Å². The molecule has 3 aromatic carbocycles. The van der Waals surface area contributed by atoms with Crippen molar-refractivity contribution in [2.45, 2.75) is 20.8 Å². The van der Waals surface area contributed by atoms with E-state index in [1.54, 1.807) is 0 Å². The van der Waals surface area contributed by atoms with Gasteiger partial charge in [0.1, 0.15) is 10.6 Å². The highest BCUT2D eigenvalue weighted by Gasteiger charge is 2.54. The zero-order valence-electron chi connectivity index (χ0n) is 15.1. The standard InChI is InChI=1S/C22H21O2P2/c1-16-14-17(2)21(18(3)15-16)22(23)26(25-24,19-10-6-4-7-11-19)20-12-8-5-9-13-20/h4-15H,1-3H3/q+1. The SMILES string of the molecule is Cc1cc(C)c(C(=O)[P+](P=O)(c2ccccc2)c2ccccc2)c(C)c1. The summed E-state index contributed by atoms with van der Waals surface area (Å²) < 4.78 is 12.7. The number of benzene rings is 3. The van der Waals surface area contributed by atoms with E-state index in [2.05, 4.69) is 0 Å². The summed E-state index contributed by atoms with van der Waals surface area (Å²) >= 11 is 0. The van der Waals surface area contributed by atoms with Crippen molar-refractivity contribution in [2.24, 2.45) is 0 Å². The molecule has 0 spiro atoms. The third-order valence-electron chi connectivity index (χ3n) is 4.57. The molecule has 4 heteroatoms. The molecule has 3 aromatic rings. The van der Waals surface area contributed by atoms with Gasteiger partial charge in [0.25, 0.3) is 0 Å². The molecule has 130 valence electrons. The zero-order valence-corrected chi connectivity index (χ0v) is 16.9. The van der Waals surface area contributed by atoms with Gasteiger partial charge in [-0.1, -0.05) is 54.1 Å². The molecule has 0 saturated heterocycles. The van der Waals surface area contributed by atoms with Gasteiger partial charge >= 0.3 is 13.7 Å². The topological polar surface area (TPSA) is 34.1 Å². The molecule has 26 heavy (non-hydrogen) atoms. The Hall–Kier alpha value is -2.14. The fraction of sp³-hybridized carbons (Fsp3) is 0.136. The van der Waals surface area contributed by atoms with E-state index in [-0.39, 0.29) is 13.7 Å². The highest BCUT2D eigenvalue weighted by Crippen LogP contribution is 2.69. The summed E-state index contributed by atoms with van der Waals surface area (Å²) in [6.07, 6.45) is 0. The maximum absolute atomic E-state index is 13.9. The van der Waals surface area contributed by atoms with Crippen LogP contribution in [0.5, 0.6) is 0 Å². The minimum absolute atomic E-state index is 0.0263. The third kappa shape index (κ3) is 3.16. The molecule has 0 aromatic heterocycles. The number of hydrogen-bond donors (Lipinski definition) is 0. The summed E-state index contributed by atoms with van der Waals surface area (Å²) in [5, 5.41) is 1.68. The van der Waals surface area contributed by atoms with E-state index in [0.717, 1.165) is 27.3 Å². The lowest BCUT2D eigenvalue weighted by atomic mass is 10.0. The van der Waals surface area contributed by atoms with Crippen LogP contribution in [0.4, 0.5) is 0 Å². The predicted molar refractivity (Wildman–Crippen MR) is 112 cm³/mol. The summed E-state index contributed by atoms with van der Waals surface area (Å²) in [6.45, 7) is 3.15. The number of carbonyl (C=O) groups is 1. The van der Waals surface area contributed by atoms with Crippen molar-refractivity contribution in [3.8, 4) is 0 Å². The average Bonchev–Trinajstić information content (AvgIpc) is 2.64. The molecule has 0 aliphatic rings. The molecule has 3 rings (SSSR count). The van der Waals surface area contributed by atoms with Crippen LogP contribution in [-0.2, 0) is 4.57 Å². The molecule has 0 radical (unpaired) electrons. The van der Waals surface area contributed by atoms with Crippen LogP contribution in [0.3, 0.4) is 0 Å². The molecule has 0 unspecified atom stereocenters. The first-order valence-electron chi connectivity index (χ1n) is 8.48. The van der Waals surface area contributed by atoms with Crippen LogP contribution in [0.25, 0.3) is 0 Å². The van der Waals surface area contributed by atoms with Gasteiger partial charge in [-0.15, -0.1) is 0 Å². The maximum Gasteiger partial charge on any atom is 0.364 e. The lowest BCUT2D eigenvalue weighted by Gasteiger charge is -2.20. The number of aryl methyl sites for hydroxylation is 3. The van der Waals surface area contributed by atoms with Crippen LogP contribution < -0.4 is 10.6 Å². The van der Waals surface area contributed by atoms with E-state index < -0.39 is 6.95 Å². The van der Waals surface area contributed by atoms with Gasteiger partial charge in [-0.05, 0) is 56.2 Å². The molecule has 0 bridgehead atoms. The average molecular weight is 379 g/mol. The first-order valence-corrected chi connectivity index (χ1v) is 11.8. The van der Waals surface area contributed by atoms with Gasteiger partial charge in [-0.25, -0.2) is 9.36 Å². The molecule has 0 aliphatic carbocycles. The van der Waals surface area contributed by atoms with Gasteiger partial charge in [0.15, 0.2) is 0 Å². The Morgan fingerprint density at radius 1 is 0.769 bits per heavy atom. The zero-order chi connectivity index (χ0) is 18.7. The normalized spacial score (nSPS) is 11.5. The lowest BCUT2D eigenvalue weighted by Crippen LogP contribution is -2.26. The van der Waals surface area contributed by atoms with Crippen molar-refractivity contribution < 1.29 is 9.36 Å². The maximum atomic E-state index is 13.9. The van der Waals surface area contributed by atoms with E-state index in [0.29, 0.717) is 5.56 Å². The Labute approximate surface area is 156 Å². The van der Waals surface area contributed by atoms with Gasteiger partial charge in [0, 0.05) is 0 Å². The van der Waals surface area contributed by atoms with E-state index in [1.165, 1.54) is 0 Å². The number of carbonyl (C=O) groups excluding carboxylic acids is 1. The number of rotatable bonds is 5. The molecule has 0 heterocycles. The van der Waals surface area contributed by atoms with Crippen LogP contribution in [0, 0.1) is 20.8 Å². The van der Waals surface area contributed by atoms with Crippen molar-refractivity contribution >= 4 is 31.2 Å². The highest BCUT2D eigenvalue weighted by molar-refractivity contribution is 8.42. The molecule has 2 nitrogen and oxygen atoms in total. The van der Waals surface area contributed by atoms with E-state index >= 15 is 0 Å². The van der Waals surface area contributed by atoms with Crippen LogP contribution in [-0.4, -0.2) is 5.52 Å². The second-order valence-corrected chi connectivity index (χ2v) is 11.6. The molecule has 0 aliphatic heterocycles. The third-order valence-corrected chi connectivity index (χ3v) is 10.4. The van der Waals surface area contributed by atoms with Gasteiger partial charge in [0.2, 0.25) is 6.95 Å². The molecular formula is C22H21O2P2+. The Balaban J connectivity index is 2.32. The van der Waals surface area contributed by atoms with Gasteiger partial charge in [-0.2, -0.15) is 0 Å². The molecule has 0 saturated carbocycles. The fourth-order valence-electron chi connectivity index (χ4n) is 3.48. The Kier molecular flexibility index (Phi) is 5.47. The van der Waals surface area contributed by atoms with E-state index in [1.807, 2.05) is 93.6 Å². The van der Waals surface area contributed by atoms with E-state index in [9.17, 15) is 9.36 Å². The quantitative estimate of drug-likeness (QED) is 0.539. The van der Waals surface area contributed by atoms with Crippen molar-refractivity contribution in [1.82, 2.24) is 0 Å². The first kappa shape index (κ1) is 18.6. The first-order chi connectivity index (χ1) is 12.5. The molecule has 0 amide bonds. The lowest BCUT2D eigenvalue weighted by molar-refractivity contribution is 0.108. The summed E-state index contributed by atoms with van der Waals surface area (Å²) in [7, 11) is -0.129. The minimum atomic E-state index is -2.79. The van der Waals surface area contributed by atoms with Crippen LogP contribution >= 0.6 is 15.1 Å². The van der Waals surface area contributed by atoms with Crippen molar-refractivity contribution in [2.75, 3.05) is 0 Å². The predicted octanol–water partition coefficient (Wildman–Crippen LogP) is 5.63. The van der Waals surface area contributed by atoms with Gasteiger partial charge in [-0.3, -0.25) is 0 Å². The monoisotopic (exact) mass is 379 g/mol. The van der Waals surface area contributed by atoms with Crippen LogP contribution in [0.15, 0.2) is 72.8 Å².